The first-order chi connectivity index (χ1) is 11.9. The van der Waals surface area contributed by atoms with Crippen LogP contribution in [0, 0.1) is 5.92 Å². The Labute approximate surface area is 149 Å². The second-order valence-electron chi connectivity index (χ2n) is 7.79. The van der Waals surface area contributed by atoms with Crippen LogP contribution in [-0.4, -0.2) is 37.5 Å². The summed E-state index contributed by atoms with van der Waals surface area (Å²) in [6, 6.07) is 5.98. The molecule has 1 aliphatic carbocycles. The molecular formula is C19H26N3O2S+. The van der Waals surface area contributed by atoms with Crippen molar-refractivity contribution in [1.29, 1.82) is 0 Å². The summed E-state index contributed by atoms with van der Waals surface area (Å²) in [5, 5.41) is 7.31. The van der Waals surface area contributed by atoms with Gasteiger partial charge in [-0.1, -0.05) is 6.07 Å². The predicted molar refractivity (Wildman–Crippen MR) is 101 cm³/mol. The van der Waals surface area contributed by atoms with Gasteiger partial charge in [-0.15, -0.1) is 0 Å². The van der Waals surface area contributed by atoms with Gasteiger partial charge in [0.25, 0.3) is 0 Å². The smallest absolute Gasteiger partial charge is 0.231 e. The van der Waals surface area contributed by atoms with Gasteiger partial charge in [-0.05, 0) is 36.6 Å². The second-order valence-corrected chi connectivity index (χ2v) is 9.24. The molecule has 4 rings (SSSR count). The van der Waals surface area contributed by atoms with E-state index in [0.29, 0.717) is 0 Å². The molecule has 2 heterocycles. The quantitative estimate of drug-likeness (QED) is 0.777. The number of nitrogens with two attached hydrogens (primary N) is 1. The number of primary sulfonamides is 1. The van der Waals surface area contributed by atoms with Crippen LogP contribution in [0.1, 0.15) is 36.8 Å². The van der Waals surface area contributed by atoms with E-state index in [2.05, 4.69) is 17.2 Å². The zero-order chi connectivity index (χ0) is 17.5. The number of nitrogens with one attached hydrogen (secondary N) is 1. The molecule has 1 aromatic carbocycles. The molecule has 0 unspecified atom stereocenters. The van der Waals surface area contributed by atoms with Crippen LogP contribution in [0.5, 0.6) is 0 Å². The van der Waals surface area contributed by atoms with Crippen LogP contribution in [0.25, 0.3) is 17.0 Å². The molecule has 0 bridgehead atoms. The summed E-state index contributed by atoms with van der Waals surface area (Å²) >= 11 is 0. The van der Waals surface area contributed by atoms with Crippen LogP contribution < -0.4 is 5.14 Å². The number of aromatic nitrogens is 1. The van der Waals surface area contributed by atoms with E-state index in [1.807, 2.05) is 12.1 Å². The van der Waals surface area contributed by atoms with Gasteiger partial charge in [0.2, 0.25) is 10.0 Å². The molecule has 1 saturated heterocycles. The lowest BCUT2D eigenvalue weighted by atomic mass is 10.1. The minimum absolute atomic E-state index is 0.859. The zero-order valence-electron chi connectivity index (χ0n) is 14.4. The molecule has 1 saturated carbocycles. The Morgan fingerprint density at radius 1 is 1.24 bits per heavy atom. The molecule has 0 radical (unpaired) electrons. The number of rotatable bonds is 6. The first-order valence-electron chi connectivity index (χ1n) is 9.09. The molecule has 1 aromatic heterocycles. The van der Waals surface area contributed by atoms with Crippen molar-refractivity contribution in [3.05, 3.63) is 40.9 Å². The molecule has 3 N–H and O–H groups in total. The number of nitrogens with zero attached hydrogens (tertiary/aromatic N) is 1. The van der Waals surface area contributed by atoms with Crippen LogP contribution in [0.15, 0.2) is 29.8 Å². The van der Waals surface area contributed by atoms with E-state index >= 15 is 0 Å². The number of fused-ring (bicyclic) bond motifs is 1. The average molecular weight is 361 g/mol. The highest BCUT2D eigenvalue weighted by molar-refractivity contribution is 7.92. The van der Waals surface area contributed by atoms with Gasteiger partial charge >= 0.3 is 0 Å². The summed E-state index contributed by atoms with van der Waals surface area (Å²) < 4.78 is 23.5. The lowest BCUT2D eigenvalue weighted by molar-refractivity contribution is -0.931. The first kappa shape index (κ1) is 16.8. The third-order valence-corrected chi connectivity index (χ3v) is 6.12. The van der Waals surface area contributed by atoms with E-state index in [-0.39, 0.29) is 0 Å². The molecule has 2 aliphatic rings. The summed E-state index contributed by atoms with van der Waals surface area (Å²) in [6.07, 6.45) is 9.15. The number of sulfonamides is 1. The van der Waals surface area contributed by atoms with Crippen LogP contribution in [0.4, 0.5) is 0 Å². The summed E-state index contributed by atoms with van der Waals surface area (Å²) in [4.78, 5) is 3.37. The van der Waals surface area contributed by atoms with Gasteiger partial charge in [-0.3, -0.25) is 0 Å². The average Bonchev–Trinajstić information content (AvgIpc) is 3.10. The number of H-pyrrole nitrogens is 1. The molecule has 1 aliphatic heterocycles. The lowest BCUT2D eigenvalue weighted by Gasteiger charge is -2.34. The van der Waals surface area contributed by atoms with Crippen LogP contribution in [0.3, 0.4) is 0 Å². The molecule has 6 heteroatoms. The van der Waals surface area contributed by atoms with E-state index in [1.54, 1.807) is 6.08 Å². The SMILES string of the molecule is NS(=O)(=O)C=Cc1ccc2[nH]cc(C[N+]3(CC4CC4)CCCC3)c2c1. The maximum atomic E-state index is 11.1. The Bertz CT molecular complexity index is 904. The summed E-state index contributed by atoms with van der Waals surface area (Å²) in [5.41, 5.74) is 3.30. The summed E-state index contributed by atoms with van der Waals surface area (Å²) in [5.74, 6) is 0.927. The molecule has 0 atom stereocenters. The number of aromatic amines is 1. The topological polar surface area (TPSA) is 76.0 Å². The highest BCUT2D eigenvalue weighted by Gasteiger charge is 2.38. The van der Waals surface area contributed by atoms with Crippen molar-refractivity contribution in [2.75, 3.05) is 19.6 Å². The Balaban J connectivity index is 1.63. The van der Waals surface area contributed by atoms with E-state index in [0.717, 1.165) is 29.0 Å². The maximum Gasteiger partial charge on any atom is 0.231 e. The Morgan fingerprint density at radius 2 is 2.00 bits per heavy atom. The standard InChI is InChI=1S/C19H26N3O2S/c20-25(23,24)10-7-15-5-6-19-18(11-15)17(12-21-19)14-22(8-1-2-9-22)13-16-3-4-16/h5-7,10-12,16,21H,1-4,8-9,13-14H2,(H2,20,23,24)/q+1. The van der Waals surface area contributed by atoms with E-state index in [9.17, 15) is 8.42 Å². The minimum Gasteiger partial charge on any atom is -0.361 e. The van der Waals surface area contributed by atoms with Crippen molar-refractivity contribution in [3.63, 3.8) is 0 Å². The van der Waals surface area contributed by atoms with Crippen molar-refractivity contribution in [1.82, 2.24) is 4.98 Å². The van der Waals surface area contributed by atoms with Gasteiger partial charge in [-0.25, -0.2) is 13.6 Å². The summed E-state index contributed by atoms with van der Waals surface area (Å²) in [6.45, 7) is 4.96. The fourth-order valence-electron chi connectivity index (χ4n) is 4.22. The van der Waals surface area contributed by atoms with Crippen LogP contribution in [0.2, 0.25) is 0 Å². The number of hydrogen-bond acceptors (Lipinski definition) is 2. The minimum atomic E-state index is -3.60. The largest absolute Gasteiger partial charge is 0.361 e. The van der Waals surface area contributed by atoms with Crippen LogP contribution >= 0.6 is 0 Å². The van der Waals surface area contributed by atoms with E-state index in [1.165, 1.54) is 60.8 Å². The van der Waals surface area contributed by atoms with Crippen molar-refractivity contribution in [2.45, 2.75) is 32.2 Å². The van der Waals surface area contributed by atoms with Crippen molar-refractivity contribution < 1.29 is 12.9 Å². The molecule has 0 spiro atoms. The summed E-state index contributed by atoms with van der Waals surface area (Å²) in [7, 11) is -3.60. The van der Waals surface area contributed by atoms with Gasteiger partial charge in [0.05, 0.1) is 19.6 Å². The fraction of sp³-hybridized carbons (Fsp3) is 0.474. The first-order valence-corrected chi connectivity index (χ1v) is 10.7. The van der Waals surface area contributed by atoms with Gasteiger partial charge in [0.1, 0.15) is 6.54 Å². The number of quaternary nitrogens is 1. The van der Waals surface area contributed by atoms with Gasteiger partial charge < -0.3 is 9.47 Å². The molecule has 2 aromatic rings. The Morgan fingerprint density at radius 3 is 2.68 bits per heavy atom. The monoisotopic (exact) mass is 360 g/mol. The number of benzene rings is 1. The predicted octanol–water partition coefficient (Wildman–Crippen LogP) is 2.95. The lowest BCUT2D eigenvalue weighted by Crippen LogP contribution is -2.45. The fourth-order valence-corrected chi connectivity index (χ4v) is 4.57. The van der Waals surface area contributed by atoms with Crippen molar-refractivity contribution in [2.24, 2.45) is 11.1 Å². The Kier molecular flexibility index (Phi) is 4.22. The highest BCUT2D eigenvalue weighted by atomic mass is 32.2. The Hall–Kier alpha value is -1.63. The van der Waals surface area contributed by atoms with E-state index in [4.69, 9.17) is 5.14 Å². The number of likely N-dealkylation sites (tertiary alicyclic amines) is 1. The second kappa shape index (κ2) is 6.27. The van der Waals surface area contributed by atoms with Gasteiger partial charge in [0.15, 0.2) is 0 Å². The normalized spacial score (nSPS) is 20.7. The molecule has 25 heavy (non-hydrogen) atoms. The maximum absolute atomic E-state index is 11.1. The van der Waals surface area contributed by atoms with Gasteiger partial charge in [0, 0.05) is 46.8 Å². The molecule has 134 valence electrons. The third kappa shape index (κ3) is 3.97. The van der Waals surface area contributed by atoms with Crippen molar-refractivity contribution >= 4 is 27.0 Å². The highest BCUT2D eigenvalue weighted by Crippen LogP contribution is 2.36. The molecule has 0 amide bonds. The van der Waals surface area contributed by atoms with Crippen molar-refractivity contribution in [3.8, 4) is 0 Å². The van der Waals surface area contributed by atoms with Crippen LogP contribution in [-0.2, 0) is 16.6 Å². The molecular weight excluding hydrogens is 334 g/mol. The molecule has 5 nitrogen and oxygen atoms in total. The number of hydrogen-bond donors (Lipinski definition) is 2. The molecule has 2 fully saturated rings. The third-order valence-electron chi connectivity index (χ3n) is 5.60. The van der Waals surface area contributed by atoms with Gasteiger partial charge in [-0.2, -0.15) is 0 Å². The zero-order valence-corrected chi connectivity index (χ0v) is 15.3. The van der Waals surface area contributed by atoms with E-state index < -0.39 is 10.0 Å².